The van der Waals surface area contributed by atoms with Crippen LogP contribution in [-0.2, 0) is 10.2 Å². The number of aryl methyl sites for hydroxylation is 2. The molecular formula is C55H49NO6. The molecule has 0 aromatic heterocycles. The van der Waals surface area contributed by atoms with Crippen molar-refractivity contribution in [3.63, 3.8) is 0 Å². The van der Waals surface area contributed by atoms with Crippen LogP contribution in [0, 0.1) is 13.8 Å². The Morgan fingerprint density at radius 3 is 1.31 bits per heavy atom. The molecular weight excluding hydrogens is 771 g/mol. The fraction of sp³-hybridized carbons (Fsp3) is 0.127. The van der Waals surface area contributed by atoms with Gasteiger partial charge in [-0.25, -0.2) is 4.79 Å². The number of methoxy groups -OCH3 is 1. The minimum atomic E-state index is -0.817. The van der Waals surface area contributed by atoms with E-state index in [1.165, 1.54) is 6.92 Å². The molecule has 0 spiro atoms. The van der Waals surface area contributed by atoms with Gasteiger partial charge in [-0.1, -0.05) is 129 Å². The van der Waals surface area contributed by atoms with Gasteiger partial charge in [0, 0.05) is 29.4 Å². The summed E-state index contributed by atoms with van der Waals surface area (Å²) >= 11 is 0. The van der Waals surface area contributed by atoms with Crippen molar-refractivity contribution in [3.05, 3.63) is 208 Å². The van der Waals surface area contributed by atoms with E-state index >= 15 is 0 Å². The van der Waals surface area contributed by atoms with Gasteiger partial charge in [-0.2, -0.15) is 0 Å². The van der Waals surface area contributed by atoms with Gasteiger partial charge in [0.15, 0.2) is 0 Å². The second-order valence-electron chi connectivity index (χ2n) is 15.5. The summed E-state index contributed by atoms with van der Waals surface area (Å²) in [6.07, 6.45) is 7.46. The SMILES string of the molecule is COc1ccc(C=Cc2ccc(N(c3ccccc3)c3ccc(C=Cc4ccc(OC(=O)Oc5ccc(C(C)(C)c6ccc(OC(C)=O)c(C)c6)cc5C)cc4)cc3)cc2)cc1. The lowest BCUT2D eigenvalue weighted by atomic mass is 9.77. The van der Waals surface area contributed by atoms with Crippen molar-refractivity contribution in [1.29, 1.82) is 0 Å². The Hall–Kier alpha value is -7.64. The first-order valence-electron chi connectivity index (χ1n) is 20.4. The lowest BCUT2D eigenvalue weighted by Crippen LogP contribution is -2.20. The molecule has 7 aromatic rings. The molecule has 0 amide bonds. The summed E-state index contributed by atoms with van der Waals surface area (Å²) in [5.41, 5.74) is 10.8. The van der Waals surface area contributed by atoms with Gasteiger partial charge >= 0.3 is 12.1 Å². The van der Waals surface area contributed by atoms with Crippen molar-refractivity contribution in [1.82, 2.24) is 0 Å². The van der Waals surface area contributed by atoms with Gasteiger partial charge in [0.25, 0.3) is 0 Å². The second-order valence-corrected chi connectivity index (χ2v) is 15.5. The van der Waals surface area contributed by atoms with Crippen LogP contribution in [-0.4, -0.2) is 19.2 Å². The van der Waals surface area contributed by atoms with Crippen LogP contribution < -0.4 is 23.8 Å². The van der Waals surface area contributed by atoms with Crippen LogP contribution >= 0.6 is 0 Å². The van der Waals surface area contributed by atoms with Crippen LogP contribution in [0.3, 0.4) is 0 Å². The third kappa shape index (κ3) is 10.6. The number of rotatable bonds is 13. The third-order valence-electron chi connectivity index (χ3n) is 10.7. The van der Waals surface area contributed by atoms with Crippen molar-refractivity contribution < 1.29 is 28.5 Å². The van der Waals surface area contributed by atoms with Crippen molar-refractivity contribution in [2.45, 2.75) is 40.0 Å². The largest absolute Gasteiger partial charge is 0.519 e. The summed E-state index contributed by atoms with van der Waals surface area (Å²) < 4.78 is 21.7. The molecule has 0 fully saturated rings. The highest BCUT2D eigenvalue weighted by Crippen LogP contribution is 2.37. The highest BCUT2D eigenvalue weighted by atomic mass is 16.7. The molecule has 62 heavy (non-hydrogen) atoms. The summed E-state index contributed by atoms with van der Waals surface area (Å²) in [6, 6.07) is 54.1. The van der Waals surface area contributed by atoms with Crippen LogP contribution in [0.15, 0.2) is 164 Å². The zero-order valence-electron chi connectivity index (χ0n) is 35.8. The van der Waals surface area contributed by atoms with E-state index in [1.54, 1.807) is 25.3 Å². The highest BCUT2D eigenvalue weighted by molar-refractivity contribution is 5.80. The van der Waals surface area contributed by atoms with Crippen molar-refractivity contribution >= 4 is 53.5 Å². The summed E-state index contributed by atoms with van der Waals surface area (Å²) in [6.45, 7) is 9.45. The van der Waals surface area contributed by atoms with Gasteiger partial charge in [0.1, 0.15) is 23.0 Å². The first kappa shape index (κ1) is 42.5. The molecule has 0 radical (unpaired) electrons. The van der Waals surface area contributed by atoms with E-state index in [1.807, 2.05) is 105 Å². The Balaban J connectivity index is 0.961. The average Bonchev–Trinajstić information content (AvgIpc) is 3.28. The van der Waals surface area contributed by atoms with Crippen LogP contribution in [0.25, 0.3) is 24.3 Å². The molecule has 0 atom stereocenters. The zero-order valence-corrected chi connectivity index (χ0v) is 35.8. The molecule has 0 N–H and O–H groups in total. The molecule has 7 heteroatoms. The molecule has 0 saturated heterocycles. The van der Waals surface area contributed by atoms with Crippen molar-refractivity contribution in [2.24, 2.45) is 0 Å². The topological polar surface area (TPSA) is 74.3 Å². The zero-order chi connectivity index (χ0) is 43.6. The van der Waals surface area contributed by atoms with E-state index in [9.17, 15) is 9.59 Å². The number of benzene rings is 7. The summed E-state index contributed by atoms with van der Waals surface area (Å²) in [4.78, 5) is 26.5. The molecule has 310 valence electrons. The number of hydrogen-bond acceptors (Lipinski definition) is 7. The Labute approximate surface area is 364 Å². The maximum Gasteiger partial charge on any atom is 0.519 e. The molecule has 7 nitrogen and oxygen atoms in total. The van der Waals surface area contributed by atoms with Gasteiger partial charge in [0.2, 0.25) is 0 Å². The summed E-state index contributed by atoms with van der Waals surface area (Å²) in [5, 5.41) is 0. The Morgan fingerprint density at radius 2 is 0.887 bits per heavy atom. The number of anilines is 3. The van der Waals surface area contributed by atoms with E-state index in [0.29, 0.717) is 17.2 Å². The van der Waals surface area contributed by atoms with Gasteiger partial charge in [-0.05, 0) is 131 Å². The van der Waals surface area contributed by atoms with E-state index in [4.69, 9.17) is 18.9 Å². The fourth-order valence-electron chi connectivity index (χ4n) is 7.07. The second kappa shape index (κ2) is 19.2. The first-order valence-corrected chi connectivity index (χ1v) is 20.4. The van der Waals surface area contributed by atoms with Crippen LogP contribution in [0.5, 0.6) is 23.0 Å². The highest BCUT2D eigenvalue weighted by Gasteiger charge is 2.25. The monoisotopic (exact) mass is 819 g/mol. The van der Waals surface area contributed by atoms with Crippen LogP contribution in [0.1, 0.15) is 65.3 Å². The standard InChI is InChI=1S/C55H49NO6/c1-38-36-45(24-34-52(38)60-40(3)57)55(4,5)46-25-35-53(39(2)37-46)62-54(58)61-51-32-22-44(23-33-51)15-13-42-18-28-49(29-19-42)56(47-10-8-7-9-11-47)48-26-16-41(17-27-48)12-14-43-20-30-50(59-6)31-21-43/h7-37H,1-6H3. The normalized spacial score (nSPS) is 11.4. The Bertz CT molecular complexity index is 2700. The maximum atomic E-state index is 12.8. The van der Waals surface area contributed by atoms with Crippen molar-refractivity contribution in [3.8, 4) is 23.0 Å². The van der Waals surface area contributed by atoms with Gasteiger partial charge in [-0.3, -0.25) is 4.79 Å². The Kier molecular flexibility index (Phi) is 13.1. The lowest BCUT2D eigenvalue weighted by molar-refractivity contribution is -0.131. The molecule has 0 aliphatic rings. The van der Waals surface area contributed by atoms with Crippen LogP contribution in [0.2, 0.25) is 0 Å². The smallest absolute Gasteiger partial charge is 0.497 e. The fourth-order valence-corrected chi connectivity index (χ4v) is 7.07. The molecule has 7 rings (SSSR count). The maximum absolute atomic E-state index is 12.8. The summed E-state index contributed by atoms with van der Waals surface area (Å²) in [7, 11) is 1.67. The molecule has 0 saturated carbocycles. The number of esters is 1. The van der Waals surface area contributed by atoms with Gasteiger partial charge < -0.3 is 23.8 Å². The van der Waals surface area contributed by atoms with E-state index < -0.39 is 6.16 Å². The molecule has 0 bridgehead atoms. The number of ether oxygens (including phenoxy) is 4. The van der Waals surface area contributed by atoms with E-state index in [-0.39, 0.29) is 11.4 Å². The van der Waals surface area contributed by atoms with Gasteiger partial charge in [0.05, 0.1) is 7.11 Å². The third-order valence-corrected chi connectivity index (χ3v) is 10.7. The first-order chi connectivity index (χ1) is 29.9. The minimum Gasteiger partial charge on any atom is -0.497 e. The van der Waals surface area contributed by atoms with Crippen LogP contribution in [0.4, 0.5) is 21.9 Å². The van der Waals surface area contributed by atoms with E-state index in [2.05, 4.69) is 97.6 Å². The molecule has 0 aliphatic heterocycles. The molecule has 0 aliphatic carbocycles. The summed E-state index contributed by atoms with van der Waals surface area (Å²) in [5.74, 6) is 1.83. The average molecular weight is 820 g/mol. The number of carbonyl (C=O) groups is 2. The Morgan fingerprint density at radius 1 is 0.484 bits per heavy atom. The predicted octanol–water partition coefficient (Wildman–Crippen LogP) is 14.0. The van der Waals surface area contributed by atoms with Gasteiger partial charge in [-0.15, -0.1) is 0 Å². The number of para-hydroxylation sites is 1. The molecule has 0 heterocycles. The predicted molar refractivity (Wildman–Crippen MR) is 251 cm³/mol. The van der Waals surface area contributed by atoms with E-state index in [0.717, 1.165) is 67.3 Å². The number of hydrogen-bond donors (Lipinski definition) is 0. The minimum absolute atomic E-state index is 0.352. The quantitative estimate of drug-likeness (QED) is 0.0496. The number of carbonyl (C=O) groups excluding carboxylic acids is 2. The van der Waals surface area contributed by atoms with Crippen molar-refractivity contribution in [2.75, 3.05) is 12.0 Å². The molecule has 7 aromatic carbocycles. The number of nitrogens with zero attached hydrogens (tertiary/aromatic N) is 1. The lowest BCUT2D eigenvalue weighted by Gasteiger charge is -2.27. The molecule has 0 unspecified atom stereocenters.